The number of fused-ring (bicyclic) bond motifs is 3. The first-order chi connectivity index (χ1) is 14.1. The summed E-state index contributed by atoms with van der Waals surface area (Å²) in [4.78, 5) is 23.3. The number of methoxy groups -OCH3 is 1. The maximum Gasteiger partial charge on any atom is 0.410 e. The maximum atomic E-state index is 12.5. The first-order valence-corrected chi connectivity index (χ1v) is 10.7. The molecule has 9 heteroatoms. The number of piperidine rings is 1. The highest BCUT2D eigenvalue weighted by Crippen LogP contribution is 2.42. The molecule has 1 saturated heterocycles. The van der Waals surface area contributed by atoms with Crippen molar-refractivity contribution >= 4 is 17.7 Å². The van der Waals surface area contributed by atoms with Crippen molar-refractivity contribution in [3.8, 4) is 6.01 Å². The molecular weight excluding hydrogens is 384 g/mol. The summed E-state index contributed by atoms with van der Waals surface area (Å²) in [5.74, 6) is 2.67. The summed E-state index contributed by atoms with van der Waals surface area (Å²) >= 11 is 0. The zero-order chi connectivity index (χ0) is 21.6. The Morgan fingerprint density at radius 2 is 2.07 bits per heavy atom. The average molecular weight is 417 g/mol. The molecule has 1 amide bonds. The van der Waals surface area contributed by atoms with Crippen molar-refractivity contribution in [3.05, 3.63) is 11.8 Å². The van der Waals surface area contributed by atoms with Crippen LogP contribution < -0.4 is 10.1 Å². The average Bonchev–Trinajstić information content (AvgIpc) is 3.37. The van der Waals surface area contributed by atoms with Crippen molar-refractivity contribution < 1.29 is 14.3 Å². The molecule has 1 aliphatic carbocycles. The summed E-state index contributed by atoms with van der Waals surface area (Å²) in [6.07, 6.45) is 1.85. The predicted molar refractivity (Wildman–Crippen MR) is 113 cm³/mol. The van der Waals surface area contributed by atoms with E-state index in [1.54, 1.807) is 11.6 Å². The molecule has 2 aromatic rings. The van der Waals surface area contributed by atoms with Gasteiger partial charge in [0.1, 0.15) is 11.4 Å². The van der Waals surface area contributed by atoms with E-state index in [0.29, 0.717) is 23.6 Å². The summed E-state index contributed by atoms with van der Waals surface area (Å²) < 4.78 is 12.5. The highest BCUT2D eigenvalue weighted by molar-refractivity contribution is 5.69. The quantitative estimate of drug-likeness (QED) is 0.799. The second kappa shape index (κ2) is 7.59. The van der Waals surface area contributed by atoms with Crippen LogP contribution in [0.4, 0.5) is 10.6 Å². The summed E-state index contributed by atoms with van der Waals surface area (Å²) in [5.41, 5.74) is 0.503. The van der Waals surface area contributed by atoms with Crippen molar-refractivity contribution in [2.24, 2.45) is 11.8 Å². The second-order valence-corrected chi connectivity index (χ2v) is 9.69. The maximum absolute atomic E-state index is 12.5. The van der Waals surface area contributed by atoms with Crippen LogP contribution in [0.5, 0.6) is 6.01 Å². The van der Waals surface area contributed by atoms with Crippen molar-refractivity contribution in [1.82, 2.24) is 24.5 Å². The van der Waals surface area contributed by atoms with Crippen LogP contribution in [0, 0.1) is 11.8 Å². The monoisotopic (exact) mass is 416 g/mol. The third-order valence-corrected chi connectivity index (χ3v) is 5.95. The Hall–Kier alpha value is -2.58. The lowest BCUT2D eigenvalue weighted by atomic mass is 9.94. The van der Waals surface area contributed by atoms with Crippen LogP contribution in [0.3, 0.4) is 0 Å². The Labute approximate surface area is 177 Å². The number of carbonyl (C=O) groups excluding carboxylic acids is 1. The number of rotatable bonds is 5. The van der Waals surface area contributed by atoms with Crippen molar-refractivity contribution in [1.29, 1.82) is 0 Å². The number of aromatic nitrogens is 4. The minimum absolute atomic E-state index is 0.187. The molecule has 30 heavy (non-hydrogen) atoms. The normalized spacial score (nSPS) is 23.4. The first kappa shape index (κ1) is 20.7. The molecule has 2 bridgehead atoms. The molecule has 3 atom stereocenters. The molecule has 3 heterocycles. The van der Waals surface area contributed by atoms with E-state index in [-0.39, 0.29) is 18.1 Å². The molecule has 2 fully saturated rings. The molecule has 1 aliphatic heterocycles. The fourth-order valence-corrected chi connectivity index (χ4v) is 4.47. The van der Waals surface area contributed by atoms with Gasteiger partial charge in [-0.25, -0.2) is 9.78 Å². The molecule has 0 radical (unpaired) electrons. The van der Waals surface area contributed by atoms with Crippen molar-refractivity contribution in [3.63, 3.8) is 0 Å². The number of anilines is 1. The minimum Gasteiger partial charge on any atom is -0.466 e. The smallest absolute Gasteiger partial charge is 0.410 e. The zero-order valence-corrected chi connectivity index (χ0v) is 18.7. The van der Waals surface area contributed by atoms with Gasteiger partial charge in [-0.15, -0.1) is 5.10 Å². The second-order valence-electron chi connectivity index (χ2n) is 9.69. The van der Waals surface area contributed by atoms with E-state index in [1.165, 1.54) is 0 Å². The number of likely N-dealkylation sites (tertiary alicyclic amines) is 1. The SMILES string of the molecule is COc1nc2nc(C(C)C)cc(NC[C@@H]3CC4C[C@H]3CN4C(=O)OC(C)(C)C)n2n1. The van der Waals surface area contributed by atoms with Crippen molar-refractivity contribution in [2.75, 3.05) is 25.5 Å². The largest absolute Gasteiger partial charge is 0.466 e. The summed E-state index contributed by atoms with van der Waals surface area (Å²) in [6, 6.07) is 2.61. The Morgan fingerprint density at radius 3 is 2.67 bits per heavy atom. The Kier molecular flexibility index (Phi) is 5.23. The van der Waals surface area contributed by atoms with Crippen LogP contribution >= 0.6 is 0 Å². The van der Waals surface area contributed by atoms with Gasteiger partial charge in [-0.3, -0.25) is 0 Å². The van der Waals surface area contributed by atoms with Crippen LogP contribution in [-0.2, 0) is 4.74 Å². The van der Waals surface area contributed by atoms with Gasteiger partial charge >= 0.3 is 12.1 Å². The van der Waals surface area contributed by atoms with Crippen LogP contribution in [0.2, 0.25) is 0 Å². The van der Waals surface area contributed by atoms with Crippen molar-refractivity contribution in [2.45, 2.75) is 65.0 Å². The van der Waals surface area contributed by atoms with E-state index < -0.39 is 5.60 Å². The molecule has 1 unspecified atom stereocenters. The number of nitrogens with zero attached hydrogens (tertiary/aromatic N) is 5. The van der Waals surface area contributed by atoms with Gasteiger partial charge in [-0.1, -0.05) is 13.8 Å². The summed E-state index contributed by atoms with van der Waals surface area (Å²) in [7, 11) is 1.55. The molecule has 0 spiro atoms. The van der Waals surface area contributed by atoms with E-state index in [0.717, 1.165) is 37.4 Å². The number of nitrogens with one attached hydrogen (secondary N) is 1. The highest BCUT2D eigenvalue weighted by atomic mass is 16.6. The Balaban J connectivity index is 1.44. The fraction of sp³-hybridized carbons (Fsp3) is 0.714. The molecular formula is C21H32N6O3. The van der Waals surface area contributed by atoms with Gasteiger partial charge in [0.2, 0.25) is 0 Å². The van der Waals surface area contributed by atoms with Gasteiger partial charge < -0.3 is 19.7 Å². The van der Waals surface area contributed by atoms with E-state index in [1.807, 2.05) is 31.7 Å². The van der Waals surface area contributed by atoms with Gasteiger partial charge in [0.25, 0.3) is 5.78 Å². The number of amides is 1. The van der Waals surface area contributed by atoms with Crippen LogP contribution in [0.15, 0.2) is 6.07 Å². The molecule has 0 aromatic carbocycles. The van der Waals surface area contributed by atoms with Crippen LogP contribution in [0.25, 0.3) is 5.78 Å². The molecule has 164 valence electrons. The molecule has 9 nitrogen and oxygen atoms in total. The number of hydrogen-bond donors (Lipinski definition) is 1. The number of ether oxygens (including phenoxy) is 2. The predicted octanol–water partition coefficient (Wildman–Crippen LogP) is 3.31. The third-order valence-electron chi connectivity index (χ3n) is 5.95. The summed E-state index contributed by atoms with van der Waals surface area (Å²) in [5, 5.41) is 7.94. The lowest BCUT2D eigenvalue weighted by molar-refractivity contribution is 0.0165. The number of carbonyl (C=O) groups is 1. The van der Waals surface area contributed by atoms with Gasteiger partial charge in [-0.2, -0.15) is 9.50 Å². The Bertz CT molecular complexity index is 935. The van der Waals surface area contributed by atoms with E-state index in [9.17, 15) is 4.79 Å². The molecule has 1 N–H and O–H groups in total. The molecule has 4 rings (SSSR count). The molecule has 2 aliphatic rings. The zero-order valence-electron chi connectivity index (χ0n) is 18.7. The Morgan fingerprint density at radius 1 is 1.30 bits per heavy atom. The topological polar surface area (TPSA) is 93.9 Å². The van der Waals surface area contributed by atoms with Crippen LogP contribution in [-0.4, -0.2) is 62.4 Å². The molecule has 2 aromatic heterocycles. The lowest BCUT2D eigenvalue weighted by Gasteiger charge is -2.33. The lowest BCUT2D eigenvalue weighted by Crippen LogP contribution is -2.44. The van der Waals surface area contributed by atoms with E-state index >= 15 is 0 Å². The standard InChI is InChI=1S/C21H32N6O3/c1-12(2)16-9-17(27-18(23-16)24-19(25-27)29-6)22-10-13-7-15-8-14(13)11-26(15)20(28)30-21(3,4)5/h9,12-15,22H,7-8,10-11H2,1-6H3/t13-,14-,15?/m0/s1. The minimum atomic E-state index is -0.459. The fourth-order valence-electron chi connectivity index (χ4n) is 4.47. The molecule has 1 saturated carbocycles. The van der Waals surface area contributed by atoms with Gasteiger partial charge in [-0.05, 0) is 51.4 Å². The summed E-state index contributed by atoms with van der Waals surface area (Å²) in [6.45, 7) is 11.5. The van der Waals surface area contributed by atoms with Gasteiger partial charge in [0.15, 0.2) is 0 Å². The van der Waals surface area contributed by atoms with E-state index in [2.05, 4.69) is 34.2 Å². The van der Waals surface area contributed by atoms with Gasteiger partial charge in [0, 0.05) is 25.2 Å². The van der Waals surface area contributed by atoms with Gasteiger partial charge in [0.05, 0.1) is 12.8 Å². The first-order valence-electron chi connectivity index (χ1n) is 10.7. The van der Waals surface area contributed by atoms with E-state index in [4.69, 9.17) is 9.47 Å². The van der Waals surface area contributed by atoms with Crippen LogP contribution in [0.1, 0.15) is 59.1 Å². The number of hydrogen-bond acceptors (Lipinski definition) is 7. The highest BCUT2D eigenvalue weighted by Gasteiger charge is 2.47. The third kappa shape index (κ3) is 4.02.